The van der Waals surface area contributed by atoms with Gasteiger partial charge in [-0.25, -0.2) is 9.98 Å². The average Bonchev–Trinajstić information content (AvgIpc) is 2.67. The third-order valence-corrected chi connectivity index (χ3v) is 4.99. The fourth-order valence-corrected chi connectivity index (χ4v) is 3.20. The van der Waals surface area contributed by atoms with Crippen LogP contribution in [0.15, 0.2) is 65.7 Å². The Hall–Kier alpha value is -1.91. The van der Waals surface area contributed by atoms with E-state index >= 15 is 0 Å². The van der Waals surface area contributed by atoms with Crippen LogP contribution in [0.5, 0.6) is 0 Å². The third-order valence-electron chi connectivity index (χ3n) is 3.52. The molecule has 130 valence electrons. The highest BCUT2D eigenvalue weighted by Crippen LogP contribution is 2.36. The van der Waals surface area contributed by atoms with Crippen LogP contribution in [-0.2, 0) is 0 Å². The molecule has 0 aliphatic heterocycles. The molecule has 1 aromatic heterocycles. The molecular weight excluding hydrogens is 414 g/mol. The molecule has 0 N–H and O–H groups in total. The van der Waals surface area contributed by atoms with Gasteiger partial charge in [-0.15, -0.1) is 0 Å². The Labute approximate surface area is 170 Å². The van der Waals surface area contributed by atoms with Crippen LogP contribution in [-0.4, -0.2) is 16.6 Å². The molecule has 0 saturated heterocycles. The molecule has 3 nitrogen and oxygen atoms in total. The number of hydrogen-bond donors (Lipinski definition) is 0. The number of aliphatic imine (C=N–C) groups is 1. The van der Waals surface area contributed by atoms with Gasteiger partial charge in [-0.2, -0.15) is 0 Å². The minimum atomic E-state index is -0.444. The first-order valence-electron chi connectivity index (χ1n) is 7.43. The molecule has 0 bridgehead atoms. The summed E-state index contributed by atoms with van der Waals surface area (Å²) in [4.78, 5) is 20.8. The van der Waals surface area contributed by atoms with Crippen molar-refractivity contribution >= 4 is 58.0 Å². The molecule has 3 rings (SSSR count). The SMILES string of the molecule is O=C(N=C(c1ccccc1)c1c(Cl)c(Cl)nc(Cl)c1Cl)c1ccccc1. The lowest BCUT2D eigenvalue weighted by Crippen LogP contribution is -2.10. The molecule has 0 spiro atoms. The van der Waals surface area contributed by atoms with Crippen molar-refractivity contribution in [2.45, 2.75) is 0 Å². The van der Waals surface area contributed by atoms with E-state index in [1.54, 1.807) is 36.4 Å². The van der Waals surface area contributed by atoms with Crippen molar-refractivity contribution in [1.82, 2.24) is 4.98 Å². The van der Waals surface area contributed by atoms with Crippen LogP contribution < -0.4 is 0 Å². The van der Waals surface area contributed by atoms with Crippen LogP contribution in [0.3, 0.4) is 0 Å². The Morgan fingerprint density at radius 1 is 0.731 bits per heavy atom. The summed E-state index contributed by atoms with van der Waals surface area (Å²) in [5, 5.41) is 0.104. The second-order valence-electron chi connectivity index (χ2n) is 5.19. The molecule has 0 aliphatic carbocycles. The van der Waals surface area contributed by atoms with E-state index < -0.39 is 5.91 Å². The maximum atomic E-state index is 12.6. The summed E-state index contributed by atoms with van der Waals surface area (Å²) < 4.78 is 0. The third kappa shape index (κ3) is 3.92. The molecule has 2 aromatic carbocycles. The number of aromatic nitrogens is 1. The molecule has 1 amide bonds. The first kappa shape index (κ1) is 18.9. The minimum Gasteiger partial charge on any atom is -0.267 e. The number of amides is 1. The van der Waals surface area contributed by atoms with Gasteiger partial charge in [0.15, 0.2) is 0 Å². The van der Waals surface area contributed by atoms with Gasteiger partial charge in [0.05, 0.1) is 15.8 Å². The molecule has 3 aromatic rings. The van der Waals surface area contributed by atoms with Crippen molar-refractivity contribution in [3.8, 4) is 0 Å². The Morgan fingerprint density at radius 3 is 1.69 bits per heavy atom. The molecule has 0 atom stereocenters. The lowest BCUT2D eigenvalue weighted by Gasteiger charge is -2.13. The fourth-order valence-electron chi connectivity index (χ4n) is 2.30. The normalized spacial score (nSPS) is 11.5. The lowest BCUT2D eigenvalue weighted by atomic mass is 10.0. The summed E-state index contributed by atoms with van der Waals surface area (Å²) in [6.07, 6.45) is 0. The van der Waals surface area contributed by atoms with E-state index in [0.717, 1.165) is 0 Å². The van der Waals surface area contributed by atoms with Gasteiger partial charge in [0.1, 0.15) is 10.3 Å². The van der Waals surface area contributed by atoms with Crippen molar-refractivity contribution in [3.05, 3.63) is 97.7 Å². The maximum Gasteiger partial charge on any atom is 0.277 e. The highest BCUT2D eigenvalue weighted by atomic mass is 35.5. The summed E-state index contributed by atoms with van der Waals surface area (Å²) in [5.74, 6) is -0.444. The molecular formula is C19H10Cl4N2O. The predicted molar refractivity (Wildman–Crippen MR) is 107 cm³/mol. The smallest absolute Gasteiger partial charge is 0.267 e. The average molecular weight is 424 g/mol. The number of carbonyl (C=O) groups excluding carboxylic acids is 1. The number of nitrogens with zero attached hydrogens (tertiary/aromatic N) is 2. The molecule has 0 fully saturated rings. The van der Waals surface area contributed by atoms with Gasteiger partial charge in [0, 0.05) is 16.7 Å². The summed E-state index contributed by atoms with van der Waals surface area (Å²) in [6, 6.07) is 17.7. The quantitative estimate of drug-likeness (QED) is 0.362. The number of hydrogen-bond acceptors (Lipinski definition) is 2. The van der Waals surface area contributed by atoms with E-state index in [9.17, 15) is 4.79 Å². The van der Waals surface area contributed by atoms with E-state index in [0.29, 0.717) is 11.1 Å². The second-order valence-corrected chi connectivity index (χ2v) is 6.67. The van der Waals surface area contributed by atoms with E-state index in [4.69, 9.17) is 46.4 Å². The summed E-state index contributed by atoms with van der Waals surface area (Å²) in [5.41, 5.74) is 1.59. The van der Waals surface area contributed by atoms with E-state index in [1.165, 1.54) is 0 Å². The van der Waals surface area contributed by atoms with Gasteiger partial charge >= 0.3 is 0 Å². The predicted octanol–water partition coefficient (Wildman–Crippen LogP) is 6.37. The lowest BCUT2D eigenvalue weighted by molar-refractivity contribution is 0.100. The van der Waals surface area contributed by atoms with Crippen LogP contribution in [0.25, 0.3) is 0 Å². The summed E-state index contributed by atoms with van der Waals surface area (Å²) in [7, 11) is 0. The van der Waals surface area contributed by atoms with Gasteiger partial charge < -0.3 is 0 Å². The van der Waals surface area contributed by atoms with Gasteiger partial charge in [0.2, 0.25) is 0 Å². The van der Waals surface area contributed by atoms with Crippen molar-refractivity contribution in [1.29, 1.82) is 0 Å². The Kier molecular flexibility index (Phi) is 5.94. The highest BCUT2D eigenvalue weighted by molar-refractivity contribution is 6.50. The molecule has 0 saturated carbocycles. The highest BCUT2D eigenvalue weighted by Gasteiger charge is 2.22. The Balaban J connectivity index is 2.25. The van der Waals surface area contributed by atoms with E-state index in [-0.39, 0.29) is 31.6 Å². The Bertz CT molecular complexity index is 963. The molecule has 0 unspecified atom stereocenters. The van der Waals surface area contributed by atoms with Crippen molar-refractivity contribution in [2.75, 3.05) is 0 Å². The monoisotopic (exact) mass is 422 g/mol. The van der Waals surface area contributed by atoms with Gasteiger partial charge in [0.25, 0.3) is 5.91 Å². The zero-order chi connectivity index (χ0) is 18.7. The number of pyridine rings is 1. The standard InChI is InChI=1S/C19H10Cl4N2O/c20-14-13(15(21)18(23)25-17(14)22)16(11-7-3-1-4-8-11)24-19(26)12-9-5-2-6-10-12/h1-10H. The fraction of sp³-hybridized carbons (Fsp3) is 0. The van der Waals surface area contributed by atoms with Gasteiger partial charge in [-0.05, 0) is 12.1 Å². The summed E-state index contributed by atoms with van der Waals surface area (Å²) in [6.45, 7) is 0. The molecule has 0 aliphatic rings. The van der Waals surface area contributed by atoms with Crippen LogP contribution in [0.1, 0.15) is 21.5 Å². The first-order chi connectivity index (χ1) is 12.5. The number of carbonyl (C=O) groups is 1. The second kappa shape index (κ2) is 8.19. The van der Waals surface area contributed by atoms with Crippen molar-refractivity contribution < 1.29 is 4.79 Å². The molecule has 1 heterocycles. The zero-order valence-corrected chi connectivity index (χ0v) is 16.1. The number of rotatable bonds is 3. The largest absolute Gasteiger partial charge is 0.277 e. The van der Waals surface area contributed by atoms with Crippen LogP contribution >= 0.6 is 46.4 Å². The first-order valence-corrected chi connectivity index (χ1v) is 8.94. The topological polar surface area (TPSA) is 42.3 Å². The van der Waals surface area contributed by atoms with Crippen molar-refractivity contribution in [3.63, 3.8) is 0 Å². The maximum absolute atomic E-state index is 12.6. The van der Waals surface area contributed by atoms with Crippen molar-refractivity contribution in [2.24, 2.45) is 4.99 Å². The van der Waals surface area contributed by atoms with E-state index in [1.807, 2.05) is 24.3 Å². The van der Waals surface area contributed by atoms with Crippen LogP contribution in [0.4, 0.5) is 0 Å². The Morgan fingerprint density at radius 2 is 1.19 bits per heavy atom. The summed E-state index contributed by atoms with van der Waals surface area (Å²) >= 11 is 24.7. The molecule has 7 heteroatoms. The number of halogens is 4. The number of benzene rings is 2. The molecule has 0 radical (unpaired) electrons. The van der Waals surface area contributed by atoms with Gasteiger partial charge in [-0.1, -0.05) is 94.9 Å². The van der Waals surface area contributed by atoms with Crippen LogP contribution in [0.2, 0.25) is 20.4 Å². The minimum absolute atomic E-state index is 0.0214. The molecule has 26 heavy (non-hydrogen) atoms. The van der Waals surface area contributed by atoms with E-state index in [2.05, 4.69) is 9.98 Å². The zero-order valence-electron chi connectivity index (χ0n) is 13.1. The van der Waals surface area contributed by atoms with Crippen LogP contribution in [0, 0.1) is 0 Å². The van der Waals surface area contributed by atoms with Gasteiger partial charge in [-0.3, -0.25) is 4.79 Å².